The van der Waals surface area contributed by atoms with Gasteiger partial charge >= 0.3 is 0 Å². The van der Waals surface area contributed by atoms with E-state index in [1.165, 1.54) is 0 Å². The lowest BCUT2D eigenvalue weighted by Gasteiger charge is -2.11. The molecule has 0 aromatic carbocycles. The highest BCUT2D eigenvalue weighted by atomic mass is 14.8. The molecule has 2 aromatic heterocycles. The molecule has 0 amide bonds. The largest absolute Gasteiger partial charge is 0.330 e. The predicted molar refractivity (Wildman–Crippen MR) is 60.1 cm³/mol. The smallest absolute Gasteiger partial charge is 0.0736 e. The van der Waals surface area contributed by atoms with Crippen LogP contribution >= 0.6 is 0 Å². The minimum absolute atomic E-state index is 0.108. The Morgan fingerprint density at radius 3 is 2.87 bits per heavy atom. The molecule has 2 rings (SSSR count). The summed E-state index contributed by atoms with van der Waals surface area (Å²) in [6.07, 6.45) is 4.24. The summed E-state index contributed by atoms with van der Waals surface area (Å²) < 4.78 is 0. The molecule has 2 heterocycles. The van der Waals surface area contributed by atoms with Gasteiger partial charge in [-0.3, -0.25) is 9.97 Å². The first kappa shape index (κ1) is 10.0. The Balaban J connectivity index is 2.50. The van der Waals surface area contributed by atoms with E-state index in [-0.39, 0.29) is 6.04 Å². The molecule has 0 bridgehead atoms. The van der Waals surface area contributed by atoms with Crippen LogP contribution in [-0.2, 0) is 0 Å². The number of rotatable bonds is 3. The van der Waals surface area contributed by atoms with Crippen molar-refractivity contribution in [3.8, 4) is 0 Å². The van der Waals surface area contributed by atoms with E-state index in [0.29, 0.717) is 6.54 Å². The third-order valence-electron chi connectivity index (χ3n) is 2.39. The second kappa shape index (κ2) is 4.33. The van der Waals surface area contributed by atoms with Gasteiger partial charge < -0.3 is 11.5 Å². The van der Waals surface area contributed by atoms with Gasteiger partial charge in [0.05, 0.1) is 11.2 Å². The first-order valence-electron chi connectivity index (χ1n) is 4.98. The Labute approximate surface area is 88.3 Å². The van der Waals surface area contributed by atoms with E-state index in [4.69, 9.17) is 11.5 Å². The Morgan fingerprint density at radius 2 is 2.07 bits per heavy atom. The number of hydrogen-bond donors (Lipinski definition) is 2. The minimum atomic E-state index is -0.108. The molecule has 0 fully saturated rings. The number of hydrogen-bond acceptors (Lipinski definition) is 4. The van der Waals surface area contributed by atoms with Crippen LogP contribution in [0.4, 0.5) is 0 Å². The fourth-order valence-corrected chi connectivity index (χ4v) is 1.64. The fraction of sp³-hybridized carbons (Fsp3) is 0.273. The topological polar surface area (TPSA) is 77.8 Å². The molecule has 2 aromatic rings. The third-order valence-corrected chi connectivity index (χ3v) is 2.39. The van der Waals surface area contributed by atoms with Gasteiger partial charge in [0.2, 0.25) is 0 Å². The molecule has 0 saturated carbocycles. The summed E-state index contributed by atoms with van der Waals surface area (Å²) in [5, 5.41) is 1.01. The summed E-state index contributed by atoms with van der Waals surface area (Å²) in [7, 11) is 0. The summed E-state index contributed by atoms with van der Waals surface area (Å²) in [5.74, 6) is 0. The monoisotopic (exact) mass is 202 g/mol. The Morgan fingerprint density at radius 1 is 1.20 bits per heavy atom. The highest BCUT2D eigenvalue weighted by molar-refractivity contribution is 5.80. The van der Waals surface area contributed by atoms with E-state index in [1.807, 2.05) is 18.2 Å². The average Bonchev–Trinajstić information content (AvgIpc) is 2.28. The van der Waals surface area contributed by atoms with Crippen LogP contribution in [0.15, 0.2) is 30.6 Å². The van der Waals surface area contributed by atoms with Crippen LogP contribution in [0.5, 0.6) is 0 Å². The molecule has 0 aliphatic carbocycles. The zero-order valence-electron chi connectivity index (χ0n) is 8.43. The number of nitrogens with zero attached hydrogens (tertiary/aromatic N) is 2. The van der Waals surface area contributed by atoms with Crippen molar-refractivity contribution in [2.24, 2.45) is 11.5 Å². The number of pyridine rings is 2. The summed E-state index contributed by atoms with van der Waals surface area (Å²) in [6, 6.07) is 5.65. The van der Waals surface area contributed by atoms with Gasteiger partial charge in [-0.25, -0.2) is 0 Å². The summed E-state index contributed by atoms with van der Waals surface area (Å²) >= 11 is 0. The second-order valence-electron chi connectivity index (χ2n) is 3.45. The maximum Gasteiger partial charge on any atom is 0.0736 e. The molecular formula is C11H14N4. The van der Waals surface area contributed by atoms with Crippen LogP contribution < -0.4 is 11.5 Å². The van der Waals surface area contributed by atoms with E-state index < -0.39 is 0 Å². The molecule has 0 saturated heterocycles. The maximum atomic E-state index is 6.00. The molecule has 1 atom stereocenters. The lowest BCUT2D eigenvalue weighted by atomic mass is 10.1. The maximum absolute atomic E-state index is 6.00. The quantitative estimate of drug-likeness (QED) is 0.777. The lowest BCUT2D eigenvalue weighted by molar-refractivity contribution is 0.648. The normalized spacial score (nSPS) is 12.9. The van der Waals surface area contributed by atoms with E-state index in [2.05, 4.69) is 9.97 Å². The Bertz CT molecular complexity index is 450. The lowest BCUT2D eigenvalue weighted by Crippen LogP contribution is -2.16. The molecule has 4 heteroatoms. The molecule has 0 aliphatic heterocycles. The van der Waals surface area contributed by atoms with Gasteiger partial charge in [0.25, 0.3) is 0 Å². The van der Waals surface area contributed by atoms with Gasteiger partial charge in [0.15, 0.2) is 0 Å². The Kier molecular flexibility index (Phi) is 2.89. The van der Waals surface area contributed by atoms with Crippen molar-refractivity contribution in [2.45, 2.75) is 12.5 Å². The van der Waals surface area contributed by atoms with Gasteiger partial charge in [-0.1, -0.05) is 0 Å². The van der Waals surface area contributed by atoms with Crippen LogP contribution in [0.3, 0.4) is 0 Å². The van der Waals surface area contributed by atoms with E-state index in [9.17, 15) is 0 Å². The number of fused-ring (bicyclic) bond motifs is 1. The molecule has 15 heavy (non-hydrogen) atoms. The third kappa shape index (κ3) is 1.95. The van der Waals surface area contributed by atoms with E-state index in [1.54, 1.807) is 12.4 Å². The number of aromatic nitrogens is 2. The van der Waals surface area contributed by atoms with Gasteiger partial charge in [0.1, 0.15) is 0 Å². The molecule has 4 N–H and O–H groups in total. The summed E-state index contributed by atoms with van der Waals surface area (Å²) in [4.78, 5) is 8.56. The molecule has 0 spiro atoms. The Hall–Kier alpha value is -1.52. The molecule has 0 radical (unpaired) electrons. The van der Waals surface area contributed by atoms with Crippen LogP contribution in [-0.4, -0.2) is 16.5 Å². The first-order chi connectivity index (χ1) is 7.33. The van der Waals surface area contributed by atoms with Gasteiger partial charge in [0, 0.05) is 23.8 Å². The zero-order chi connectivity index (χ0) is 10.7. The van der Waals surface area contributed by atoms with Crippen molar-refractivity contribution in [1.29, 1.82) is 0 Å². The van der Waals surface area contributed by atoms with Crippen molar-refractivity contribution in [1.82, 2.24) is 9.97 Å². The number of nitrogens with two attached hydrogens (primary N) is 2. The second-order valence-corrected chi connectivity index (χ2v) is 3.45. The van der Waals surface area contributed by atoms with Crippen LogP contribution in [0.1, 0.15) is 18.2 Å². The van der Waals surface area contributed by atoms with Crippen molar-refractivity contribution in [2.75, 3.05) is 6.54 Å². The molecule has 78 valence electrons. The average molecular weight is 202 g/mol. The highest BCUT2D eigenvalue weighted by Crippen LogP contribution is 2.20. The summed E-state index contributed by atoms with van der Waals surface area (Å²) in [5.41, 5.74) is 13.3. The molecule has 1 unspecified atom stereocenters. The van der Waals surface area contributed by atoms with Gasteiger partial charge in [-0.2, -0.15) is 0 Å². The SMILES string of the molecule is NCCC(N)c1nccc2ncccc12. The molecule has 4 nitrogen and oxygen atoms in total. The standard InChI is InChI=1S/C11H14N4/c12-5-3-9(13)11-8-2-1-6-14-10(8)4-7-15-11/h1-2,4,6-7,9H,3,5,12-13H2. The van der Waals surface area contributed by atoms with Crippen LogP contribution in [0.2, 0.25) is 0 Å². The highest BCUT2D eigenvalue weighted by Gasteiger charge is 2.10. The molecule has 0 aliphatic rings. The fourth-order valence-electron chi connectivity index (χ4n) is 1.64. The van der Waals surface area contributed by atoms with E-state index >= 15 is 0 Å². The zero-order valence-corrected chi connectivity index (χ0v) is 8.43. The minimum Gasteiger partial charge on any atom is -0.330 e. The predicted octanol–water partition coefficient (Wildman–Crippen LogP) is 0.978. The van der Waals surface area contributed by atoms with Crippen LogP contribution in [0, 0.1) is 0 Å². The summed E-state index contributed by atoms with van der Waals surface area (Å²) in [6.45, 7) is 0.569. The molecular weight excluding hydrogens is 188 g/mol. The van der Waals surface area contributed by atoms with Crippen molar-refractivity contribution >= 4 is 10.9 Å². The van der Waals surface area contributed by atoms with Gasteiger partial charge in [-0.05, 0) is 31.2 Å². The van der Waals surface area contributed by atoms with Crippen molar-refractivity contribution in [3.63, 3.8) is 0 Å². The first-order valence-corrected chi connectivity index (χ1v) is 4.98. The van der Waals surface area contributed by atoms with Crippen LogP contribution in [0.25, 0.3) is 10.9 Å². The van der Waals surface area contributed by atoms with Gasteiger partial charge in [-0.15, -0.1) is 0 Å². The van der Waals surface area contributed by atoms with Crippen molar-refractivity contribution in [3.05, 3.63) is 36.3 Å². The van der Waals surface area contributed by atoms with Crippen molar-refractivity contribution < 1.29 is 0 Å². The van der Waals surface area contributed by atoms with E-state index in [0.717, 1.165) is 23.0 Å².